The van der Waals surface area contributed by atoms with Gasteiger partial charge in [-0.05, 0) is 72.2 Å². The van der Waals surface area contributed by atoms with Gasteiger partial charge in [0.05, 0.1) is 22.6 Å². The second-order valence-electron chi connectivity index (χ2n) is 11.1. The van der Waals surface area contributed by atoms with E-state index in [1.807, 2.05) is 33.8 Å². The molecule has 1 N–H and O–H groups in total. The molecule has 1 heterocycles. The van der Waals surface area contributed by atoms with Gasteiger partial charge in [-0.3, -0.25) is 4.90 Å². The molecule has 2 amide bonds. The van der Waals surface area contributed by atoms with Crippen molar-refractivity contribution in [3.63, 3.8) is 0 Å². The zero-order valence-corrected chi connectivity index (χ0v) is 23.8. The molecule has 1 aliphatic heterocycles. The number of nitrogens with zero attached hydrogens (tertiary/aromatic N) is 2. The molecule has 0 radical (unpaired) electrons. The monoisotopic (exact) mass is 546 g/mol. The normalized spacial score (nSPS) is 16.7. The maximum atomic E-state index is 13.4. The Balaban J connectivity index is 2.13. The van der Waals surface area contributed by atoms with Gasteiger partial charge in [-0.25, -0.2) is 22.3 Å². The summed E-state index contributed by atoms with van der Waals surface area (Å²) in [5.74, 6) is 0. The fourth-order valence-electron chi connectivity index (χ4n) is 3.70. The first-order valence-electron chi connectivity index (χ1n) is 12.1. The lowest BCUT2D eigenvalue weighted by atomic mass is 9.77. The molecule has 0 unspecified atom stereocenters. The Bertz CT molecular complexity index is 1290. The lowest BCUT2D eigenvalue weighted by Gasteiger charge is -2.32. The van der Waals surface area contributed by atoms with Crippen molar-refractivity contribution in [2.45, 2.75) is 76.7 Å². The van der Waals surface area contributed by atoms with Crippen LogP contribution in [0.15, 0.2) is 53.4 Å². The number of sulfonamides is 1. The van der Waals surface area contributed by atoms with Crippen LogP contribution in [0.3, 0.4) is 0 Å². The van der Waals surface area contributed by atoms with E-state index in [-0.39, 0.29) is 22.6 Å². The minimum atomic E-state index is -4.36. The van der Waals surface area contributed by atoms with Crippen molar-refractivity contribution in [1.82, 2.24) is 4.31 Å². The van der Waals surface area contributed by atoms with E-state index >= 15 is 0 Å². The zero-order chi connectivity index (χ0) is 28.7. The number of carbonyl (C=O) groups is 2. The molecule has 0 bridgehead atoms. The highest BCUT2D eigenvalue weighted by Crippen LogP contribution is 2.37. The van der Waals surface area contributed by atoms with Crippen molar-refractivity contribution in [2.75, 3.05) is 11.9 Å². The Morgan fingerprint density at radius 3 is 2.05 bits per heavy atom. The number of carbonyl (C=O) groups excluding carboxylic acids is 1. The molecule has 38 heavy (non-hydrogen) atoms. The van der Waals surface area contributed by atoms with E-state index < -0.39 is 46.1 Å². The largest absolute Gasteiger partial charge is 0.497 e. The minimum absolute atomic E-state index is 0.00653. The molecule has 12 heteroatoms. The molecule has 3 rings (SSSR count). The van der Waals surface area contributed by atoms with Crippen LogP contribution in [0.1, 0.15) is 54.0 Å². The van der Waals surface area contributed by atoms with E-state index in [2.05, 4.69) is 0 Å². The van der Waals surface area contributed by atoms with Gasteiger partial charge in [0.2, 0.25) is 0 Å². The van der Waals surface area contributed by atoms with E-state index in [1.54, 1.807) is 45.0 Å². The maximum Gasteiger partial charge on any atom is 0.497 e. The molecule has 0 aromatic heterocycles. The van der Waals surface area contributed by atoms with Crippen LogP contribution < -0.4 is 10.4 Å². The third-order valence-corrected chi connectivity index (χ3v) is 8.24. The van der Waals surface area contributed by atoms with Gasteiger partial charge in [-0.2, -0.15) is 0 Å². The van der Waals surface area contributed by atoms with Crippen molar-refractivity contribution < 1.29 is 37.2 Å². The summed E-state index contributed by atoms with van der Waals surface area (Å²) in [5.41, 5.74) is -1.33. The lowest BCUT2D eigenvalue weighted by molar-refractivity contribution is 0.00578. The maximum absolute atomic E-state index is 13.4. The molecule has 0 saturated carbocycles. The summed E-state index contributed by atoms with van der Waals surface area (Å²) < 4.78 is 44.9. The van der Waals surface area contributed by atoms with Crippen LogP contribution in [0.2, 0.25) is 0 Å². The summed E-state index contributed by atoms with van der Waals surface area (Å²) in [7, 11) is -4.33. The molecule has 2 aromatic rings. The average molecular weight is 546 g/mol. The highest BCUT2D eigenvalue weighted by molar-refractivity contribution is 7.89. The topological polar surface area (TPSA) is 123 Å². The molecule has 10 nitrogen and oxygen atoms in total. The highest BCUT2D eigenvalue weighted by atomic mass is 32.2. The van der Waals surface area contributed by atoms with E-state index in [4.69, 9.17) is 14.0 Å². The smallest absolute Gasteiger partial charge is 0.465 e. The molecule has 206 valence electrons. The van der Waals surface area contributed by atoms with Crippen LogP contribution in [0.25, 0.3) is 0 Å². The summed E-state index contributed by atoms with van der Waals surface area (Å²) in [6, 6.07) is 12.9. The number of amides is 2. The van der Waals surface area contributed by atoms with Crippen LogP contribution >= 0.6 is 0 Å². The third-order valence-electron chi connectivity index (χ3n) is 6.52. The molecule has 0 spiro atoms. The van der Waals surface area contributed by atoms with Gasteiger partial charge in [-0.1, -0.05) is 30.3 Å². The number of rotatable bonds is 6. The van der Waals surface area contributed by atoms with Crippen LogP contribution in [-0.4, -0.2) is 61.0 Å². The first-order valence-corrected chi connectivity index (χ1v) is 13.6. The van der Waals surface area contributed by atoms with Gasteiger partial charge < -0.3 is 19.2 Å². The van der Waals surface area contributed by atoms with Crippen molar-refractivity contribution in [3.05, 3.63) is 54.1 Å². The van der Waals surface area contributed by atoms with Crippen LogP contribution in [0.5, 0.6) is 0 Å². The lowest BCUT2D eigenvalue weighted by Crippen LogP contribution is -2.42. The van der Waals surface area contributed by atoms with Crippen molar-refractivity contribution in [3.8, 4) is 0 Å². The standard InChI is InChI=1S/C26H35BN2O8S/c1-24(2,3)35-23(32)28(8)38(33,34)19-14-15-21(29(22(30)31)17-18-12-10-9-11-13-18)20(16-19)27-36-25(4,5)26(6,7)37-27/h9-16H,17H2,1-8H3,(H,30,31). The number of anilines is 1. The van der Waals surface area contributed by atoms with Crippen molar-refractivity contribution >= 4 is 40.5 Å². The molecule has 1 aliphatic rings. The Hall–Kier alpha value is -3.09. The second-order valence-corrected chi connectivity index (χ2v) is 13.1. The van der Waals surface area contributed by atoms with Crippen molar-refractivity contribution in [2.24, 2.45) is 0 Å². The SMILES string of the molecule is CN(C(=O)OC(C)(C)C)S(=O)(=O)c1ccc(N(Cc2ccccc2)C(=O)O)c(B2OC(C)(C)C(C)(C)O2)c1. The number of benzene rings is 2. The van der Waals surface area contributed by atoms with Crippen LogP contribution in [0, 0.1) is 0 Å². The fourth-order valence-corrected chi connectivity index (χ4v) is 4.77. The second kappa shape index (κ2) is 10.2. The third kappa shape index (κ3) is 6.14. The van der Waals surface area contributed by atoms with Crippen LogP contribution in [0.4, 0.5) is 15.3 Å². The summed E-state index contributed by atoms with van der Waals surface area (Å²) in [5, 5.41) is 10.1. The average Bonchev–Trinajstić information content (AvgIpc) is 3.02. The van der Waals surface area contributed by atoms with E-state index in [0.717, 1.165) is 17.5 Å². The molecular formula is C26H35BN2O8S. The van der Waals surface area contributed by atoms with E-state index in [0.29, 0.717) is 4.31 Å². The first-order chi connectivity index (χ1) is 17.4. The van der Waals surface area contributed by atoms with E-state index in [1.165, 1.54) is 18.2 Å². The number of hydrogen-bond donors (Lipinski definition) is 1. The molecule has 0 aliphatic carbocycles. The molecular weight excluding hydrogens is 511 g/mol. The van der Waals surface area contributed by atoms with Gasteiger partial charge in [0.25, 0.3) is 10.0 Å². The zero-order valence-electron chi connectivity index (χ0n) is 23.0. The number of ether oxygens (including phenoxy) is 1. The Kier molecular flexibility index (Phi) is 7.94. The molecule has 1 saturated heterocycles. The Morgan fingerprint density at radius 2 is 1.55 bits per heavy atom. The fraction of sp³-hybridized carbons (Fsp3) is 0.462. The van der Waals surface area contributed by atoms with Gasteiger partial charge in [0.15, 0.2) is 0 Å². The van der Waals surface area contributed by atoms with E-state index in [9.17, 15) is 23.1 Å². The predicted molar refractivity (Wildman–Crippen MR) is 144 cm³/mol. The summed E-state index contributed by atoms with van der Waals surface area (Å²) in [6.45, 7) is 12.2. The summed E-state index contributed by atoms with van der Waals surface area (Å²) in [6.07, 6.45) is -2.29. The Morgan fingerprint density at radius 1 is 1.00 bits per heavy atom. The number of hydrogen-bond acceptors (Lipinski definition) is 7. The molecule has 0 atom stereocenters. The van der Waals surface area contributed by atoms with Gasteiger partial charge in [0, 0.05) is 18.2 Å². The van der Waals surface area contributed by atoms with Crippen molar-refractivity contribution in [1.29, 1.82) is 0 Å². The van der Waals surface area contributed by atoms with Gasteiger partial charge in [0.1, 0.15) is 5.60 Å². The molecule has 2 aromatic carbocycles. The van der Waals surface area contributed by atoms with Crippen LogP contribution in [-0.2, 0) is 30.6 Å². The van der Waals surface area contributed by atoms with Gasteiger partial charge in [-0.15, -0.1) is 0 Å². The first kappa shape index (κ1) is 29.5. The minimum Gasteiger partial charge on any atom is -0.465 e. The quantitative estimate of drug-likeness (QED) is 0.535. The predicted octanol–water partition coefficient (Wildman–Crippen LogP) is 4.23. The Labute approximate surface area is 224 Å². The van der Waals surface area contributed by atoms with Gasteiger partial charge >= 0.3 is 19.3 Å². The molecule has 1 fully saturated rings. The highest BCUT2D eigenvalue weighted by Gasteiger charge is 2.53. The summed E-state index contributed by atoms with van der Waals surface area (Å²) >= 11 is 0. The summed E-state index contributed by atoms with van der Waals surface area (Å²) in [4.78, 5) is 25.8. The number of carboxylic acid groups (broad SMARTS) is 1.